The largest absolute Gasteiger partial charge is 0.309 e. The summed E-state index contributed by atoms with van der Waals surface area (Å²) in [6, 6.07) is 92.6. The van der Waals surface area contributed by atoms with Gasteiger partial charge in [-0.2, -0.15) is 0 Å². The van der Waals surface area contributed by atoms with E-state index in [1.165, 1.54) is 87.9 Å². The Morgan fingerprint density at radius 3 is 1.50 bits per heavy atom. The fraction of sp³-hybridized carbons (Fsp3) is 0. The monoisotopic (exact) mass is 814 g/mol. The van der Waals surface area contributed by atoms with Crippen molar-refractivity contribution in [1.82, 2.24) is 4.57 Å². The maximum absolute atomic E-state index is 2.44. The van der Waals surface area contributed by atoms with E-state index in [2.05, 4.69) is 264 Å². The van der Waals surface area contributed by atoms with E-state index >= 15 is 0 Å². The van der Waals surface area contributed by atoms with Gasteiger partial charge in [-0.3, -0.25) is 0 Å². The van der Waals surface area contributed by atoms with Crippen molar-refractivity contribution in [3.8, 4) is 50.2 Å². The van der Waals surface area contributed by atoms with Crippen molar-refractivity contribution in [2.75, 3.05) is 4.90 Å². The zero-order valence-electron chi connectivity index (χ0n) is 35.1. The minimum absolute atomic E-state index is 1.09. The van der Waals surface area contributed by atoms with Crippen molar-refractivity contribution in [1.29, 1.82) is 0 Å². The minimum atomic E-state index is 1.09. The highest BCUT2D eigenvalue weighted by atomic mass is 15.1. The third-order valence-electron chi connectivity index (χ3n) is 12.8. The van der Waals surface area contributed by atoms with Crippen LogP contribution in [0.5, 0.6) is 0 Å². The first-order valence-electron chi connectivity index (χ1n) is 22.0. The molecule has 11 aromatic carbocycles. The summed E-state index contributed by atoms with van der Waals surface area (Å²) < 4.78 is 2.44. The molecule has 2 heteroatoms. The zero-order valence-corrected chi connectivity index (χ0v) is 35.1. The van der Waals surface area contributed by atoms with Gasteiger partial charge in [0.05, 0.1) is 22.4 Å². The van der Waals surface area contributed by atoms with Gasteiger partial charge in [0, 0.05) is 38.5 Å². The molecule has 0 atom stereocenters. The average Bonchev–Trinajstić information content (AvgIpc) is 3.72. The number of para-hydroxylation sites is 2. The van der Waals surface area contributed by atoms with Crippen LogP contribution in [0, 0.1) is 0 Å². The summed E-state index contributed by atoms with van der Waals surface area (Å²) in [4.78, 5) is 2.44. The molecule has 12 rings (SSSR count). The van der Waals surface area contributed by atoms with Gasteiger partial charge in [-0.05, 0) is 92.2 Å². The third-order valence-corrected chi connectivity index (χ3v) is 12.8. The lowest BCUT2D eigenvalue weighted by molar-refractivity contribution is 1.19. The summed E-state index contributed by atoms with van der Waals surface area (Å²) >= 11 is 0. The van der Waals surface area contributed by atoms with Crippen LogP contribution in [0.3, 0.4) is 0 Å². The molecule has 0 saturated heterocycles. The number of nitrogens with zero attached hydrogens (tertiary/aromatic N) is 2. The van der Waals surface area contributed by atoms with Crippen molar-refractivity contribution in [2.24, 2.45) is 0 Å². The second-order valence-corrected chi connectivity index (χ2v) is 16.5. The summed E-state index contributed by atoms with van der Waals surface area (Å²) in [6.07, 6.45) is 0. The number of anilines is 3. The predicted molar refractivity (Wildman–Crippen MR) is 272 cm³/mol. The van der Waals surface area contributed by atoms with E-state index in [0.29, 0.717) is 0 Å². The molecule has 0 unspecified atom stereocenters. The SMILES string of the molecule is c1ccc(-c2ccc(-c3ccc(N(c4ccccc4-c4ccccc4)c4ccc(-c5ccc(-n6c7ccccc7c7ccc8ccccc8c76)cc5)c5ccccc45)cc3)cc2)cc1. The quantitative estimate of drug-likeness (QED) is 0.148. The Hall–Kier alpha value is -8.46. The Morgan fingerprint density at radius 1 is 0.266 bits per heavy atom. The molecule has 64 heavy (non-hydrogen) atoms. The van der Waals surface area contributed by atoms with Crippen LogP contribution in [0.15, 0.2) is 255 Å². The molecule has 0 saturated carbocycles. The molecule has 0 aliphatic carbocycles. The molecule has 300 valence electrons. The predicted octanol–water partition coefficient (Wildman–Crippen LogP) is 17.2. The van der Waals surface area contributed by atoms with Crippen LogP contribution in [0.1, 0.15) is 0 Å². The Bertz CT molecular complexity index is 3620. The molecule has 1 heterocycles. The Labute approximate surface area is 373 Å². The van der Waals surface area contributed by atoms with Crippen molar-refractivity contribution in [3.05, 3.63) is 255 Å². The number of fused-ring (bicyclic) bond motifs is 6. The second-order valence-electron chi connectivity index (χ2n) is 16.5. The molecule has 0 N–H and O–H groups in total. The van der Waals surface area contributed by atoms with Crippen molar-refractivity contribution in [2.45, 2.75) is 0 Å². The maximum Gasteiger partial charge on any atom is 0.0619 e. The molecule has 0 aliphatic heterocycles. The van der Waals surface area contributed by atoms with Gasteiger partial charge in [0.2, 0.25) is 0 Å². The lowest BCUT2D eigenvalue weighted by atomic mass is 9.95. The normalized spacial score (nSPS) is 11.4. The van der Waals surface area contributed by atoms with Crippen LogP contribution in [0.4, 0.5) is 17.1 Å². The van der Waals surface area contributed by atoms with Crippen LogP contribution in [0.2, 0.25) is 0 Å². The molecule has 0 spiro atoms. The third kappa shape index (κ3) is 6.44. The average molecular weight is 815 g/mol. The van der Waals surface area contributed by atoms with Gasteiger partial charge in [0.15, 0.2) is 0 Å². The molecule has 0 bridgehead atoms. The molecule has 0 amide bonds. The number of hydrogen-bond acceptors (Lipinski definition) is 1. The van der Waals surface area contributed by atoms with Gasteiger partial charge < -0.3 is 9.47 Å². The van der Waals surface area contributed by atoms with Gasteiger partial charge in [0.1, 0.15) is 0 Å². The first-order valence-corrected chi connectivity index (χ1v) is 22.0. The van der Waals surface area contributed by atoms with E-state index in [4.69, 9.17) is 0 Å². The van der Waals surface area contributed by atoms with Crippen LogP contribution in [-0.4, -0.2) is 4.57 Å². The first kappa shape index (κ1) is 37.3. The van der Waals surface area contributed by atoms with E-state index < -0.39 is 0 Å². The Kier molecular flexibility index (Phi) is 9.20. The van der Waals surface area contributed by atoms with E-state index in [9.17, 15) is 0 Å². The van der Waals surface area contributed by atoms with Gasteiger partial charge in [-0.25, -0.2) is 0 Å². The van der Waals surface area contributed by atoms with Gasteiger partial charge in [-0.15, -0.1) is 0 Å². The first-order chi connectivity index (χ1) is 31.8. The van der Waals surface area contributed by atoms with Gasteiger partial charge >= 0.3 is 0 Å². The highest BCUT2D eigenvalue weighted by Gasteiger charge is 2.21. The summed E-state index contributed by atoms with van der Waals surface area (Å²) in [6.45, 7) is 0. The van der Waals surface area contributed by atoms with E-state index in [-0.39, 0.29) is 0 Å². The summed E-state index contributed by atoms with van der Waals surface area (Å²) in [5.74, 6) is 0. The maximum atomic E-state index is 2.44. The van der Waals surface area contributed by atoms with E-state index in [0.717, 1.165) is 22.7 Å². The van der Waals surface area contributed by atoms with Crippen LogP contribution < -0.4 is 4.90 Å². The Balaban J connectivity index is 0.971. The highest BCUT2D eigenvalue weighted by molar-refractivity contribution is 6.18. The second kappa shape index (κ2) is 15.8. The molecule has 1 aromatic heterocycles. The zero-order chi connectivity index (χ0) is 42.4. The van der Waals surface area contributed by atoms with Crippen LogP contribution >= 0.6 is 0 Å². The van der Waals surface area contributed by atoms with Crippen molar-refractivity contribution in [3.63, 3.8) is 0 Å². The standard InChI is InChI=1S/C62H42N2/c1-3-15-43(16-4-1)44-27-29-45(30-28-44)46-31-36-50(37-32-46)63(59-25-13-11-20-53(59)47-17-5-2-6-18-47)61-42-41-52(55-22-9-10-23-56(55)61)49-33-38-51(39-34-49)64-60-26-14-12-24-57(60)58-40-35-48-19-7-8-21-54(48)62(58)64/h1-42H. The van der Waals surface area contributed by atoms with Crippen LogP contribution in [-0.2, 0) is 0 Å². The summed E-state index contributed by atoms with van der Waals surface area (Å²) in [5, 5.41) is 7.42. The number of aromatic nitrogens is 1. The fourth-order valence-electron chi connectivity index (χ4n) is 9.75. The lowest BCUT2D eigenvalue weighted by Crippen LogP contribution is -2.12. The molecular formula is C62H42N2. The smallest absolute Gasteiger partial charge is 0.0619 e. The van der Waals surface area contributed by atoms with Crippen molar-refractivity contribution >= 4 is 60.4 Å². The minimum Gasteiger partial charge on any atom is -0.309 e. The molecule has 0 fully saturated rings. The molecule has 2 nitrogen and oxygen atoms in total. The lowest BCUT2D eigenvalue weighted by Gasteiger charge is -2.29. The molecule has 0 aliphatic rings. The molecule has 0 radical (unpaired) electrons. The summed E-state index contributed by atoms with van der Waals surface area (Å²) in [7, 11) is 0. The number of rotatable bonds is 8. The van der Waals surface area contributed by atoms with E-state index in [1.54, 1.807) is 0 Å². The highest BCUT2D eigenvalue weighted by Crippen LogP contribution is 2.46. The summed E-state index contributed by atoms with van der Waals surface area (Å²) in [5.41, 5.74) is 16.5. The van der Waals surface area contributed by atoms with Gasteiger partial charge in [-0.1, -0.05) is 212 Å². The number of hydrogen-bond donors (Lipinski definition) is 0. The fourth-order valence-corrected chi connectivity index (χ4v) is 9.75. The van der Waals surface area contributed by atoms with E-state index in [1.807, 2.05) is 0 Å². The topological polar surface area (TPSA) is 8.17 Å². The Morgan fingerprint density at radius 2 is 0.781 bits per heavy atom. The molecular weight excluding hydrogens is 773 g/mol. The number of benzene rings is 11. The van der Waals surface area contributed by atoms with Crippen LogP contribution in [0.25, 0.3) is 93.5 Å². The van der Waals surface area contributed by atoms with Gasteiger partial charge in [0.25, 0.3) is 0 Å². The van der Waals surface area contributed by atoms with Crippen molar-refractivity contribution < 1.29 is 0 Å². The molecule has 12 aromatic rings.